The molecule has 0 amide bonds. The molecular weight excluding hydrogens is 440 g/mol. The minimum absolute atomic E-state index is 0.202. The summed E-state index contributed by atoms with van der Waals surface area (Å²) < 4.78 is 0. The Labute approximate surface area is 195 Å². The lowest BCUT2D eigenvalue weighted by atomic mass is 10.0. The van der Waals surface area contributed by atoms with Crippen molar-refractivity contribution in [3.8, 4) is 0 Å². The quantitative estimate of drug-likeness (QED) is 0.0791. The third-order valence-corrected chi connectivity index (χ3v) is 6.59. The molecule has 0 aromatic rings. The predicted octanol–water partition coefficient (Wildman–Crippen LogP) is 9.01. The van der Waals surface area contributed by atoms with Crippen molar-refractivity contribution >= 4 is 27.7 Å². The maximum atomic E-state index is 11.0. The van der Waals surface area contributed by atoms with Gasteiger partial charge < -0.3 is 5.11 Å². The fourth-order valence-electron chi connectivity index (χ4n) is 4.02. The maximum Gasteiger partial charge on any atom is 0.372 e. The SMILES string of the molecule is O=C(O)C(=O)CCCCCCCCCCCCCCCCCCCCCCCCBr. The van der Waals surface area contributed by atoms with Gasteiger partial charge in [-0.3, -0.25) is 4.79 Å². The van der Waals surface area contributed by atoms with Gasteiger partial charge in [-0.15, -0.1) is 0 Å². The smallest absolute Gasteiger partial charge is 0.372 e. The number of Topliss-reactive ketones (excluding diaryl/α,β-unsaturated/α-hetero) is 1. The maximum absolute atomic E-state index is 11.0. The van der Waals surface area contributed by atoms with Crippen molar-refractivity contribution < 1.29 is 14.7 Å². The number of carbonyl (C=O) groups excluding carboxylic acids is 1. The number of rotatable bonds is 25. The lowest BCUT2D eigenvalue weighted by molar-refractivity contribution is -0.149. The standard InChI is InChI=1S/C26H49BrO3/c27-24-22-20-18-16-14-12-10-8-6-4-2-1-3-5-7-9-11-13-15-17-19-21-23-25(28)26(29)30/h1-24H2,(H,29,30). The van der Waals surface area contributed by atoms with Crippen molar-refractivity contribution in [2.75, 3.05) is 5.33 Å². The first-order valence-electron chi connectivity index (χ1n) is 13.0. The average molecular weight is 490 g/mol. The Morgan fingerprint density at radius 3 is 0.900 bits per heavy atom. The van der Waals surface area contributed by atoms with Crippen molar-refractivity contribution in [2.45, 2.75) is 148 Å². The number of carboxylic acids is 1. The van der Waals surface area contributed by atoms with E-state index in [9.17, 15) is 9.59 Å². The zero-order valence-electron chi connectivity index (χ0n) is 19.6. The van der Waals surface area contributed by atoms with Crippen LogP contribution < -0.4 is 0 Å². The molecule has 0 aromatic carbocycles. The van der Waals surface area contributed by atoms with Crippen LogP contribution in [-0.4, -0.2) is 22.2 Å². The third-order valence-electron chi connectivity index (χ3n) is 6.03. The van der Waals surface area contributed by atoms with Crippen LogP contribution in [0.5, 0.6) is 0 Å². The van der Waals surface area contributed by atoms with Crippen LogP contribution >= 0.6 is 15.9 Å². The van der Waals surface area contributed by atoms with Gasteiger partial charge >= 0.3 is 5.97 Å². The number of ketones is 1. The molecule has 0 radical (unpaired) electrons. The summed E-state index contributed by atoms with van der Waals surface area (Å²) in [4.78, 5) is 21.4. The van der Waals surface area contributed by atoms with Gasteiger partial charge in [-0.2, -0.15) is 0 Å². The van der Waals surface area contributed by atoms with Crippen LogP contribution in [0.4, 0.5) is 0 Å². The van der Waals surface area contributed by atoms with Crippen molar-refractivity contribution in [1.82, 2.24) is 0 Å². The fraction of sp³-hybridized carbons (Fsp3) is 0.923. The van der Waals surface area contributed by atoms with Crippen LogP contribution in [0.15, 0.2) is 0 Å². The molecule has 30 heavy (non-hydrogen) atoms. The molecule has 3 nitrogen and oxygen atoms in total. The molecule has 0 aliphatic heterocycles. The van der Waals surface area contributed by atoms with Crippen molar-refractivity contribution in [3.63, 3.8) is 0 Å². The summed E-state index contributed by atoms with van der Waals surface area (Å²) in [6, 6.07) is 0. The van der Waals surface area contributed by atoms with Gasteiger partial charge in [0.2, 0.25) is 5.78 Å². The van der Waals surface area contributed by atoms with Crippen molar-refractivity contribution in [1.29, 1.82) is 0 Å². The first-order chi connectivity index (χ1) is 14.7. The molecule has 0 unspecified atom stereocenters. The number of aliphatic carboxylic acids is 1. The highest BCUT2D eigenvalue weighted by molar-refractivity contribution is 9.09. The molecule has 0 saturated heterocycles. The molecule has 1 N–H and O–H groups in total. The molecule has 0 atom stereocenters. The molecule has 178 valence electrons. The number of halogens is 1. The van der Waals surface area contributed by atoms with Gasteiger partial charge in [-0.25, -0.2) is 4.79 Å². The molecule has 0 spiro atoms. The Morgan fingerprint density at radius 1 is 0.433 bits per heavy atom. The molecule has 4 heteroatoms. The Hall–Kier alpha value is -0.380. The van der Waals surface area contributed by atoms with Crippen LogP contribution in [0.25, 0.3) is 0 Å². The van der Waals surface area contributed by atoms with Gasteiger partial charge in [-0.1, -0.05) is 144 Å². The minimum Gasteiger partial charge on any atom is -0.476 e. The highest BCUT2D eigenvalue weighted by Gasteiger charge is 2.09. The lowest BCUT2D eigenvalue weighted by Gasteiger charge is -2.04. The van der Waals surface area contributed by atoms with Crippen LogP contribution in [0.1, 0.15) is 148 Å². The van der Waals surface area contributed by atoms with Gasteiger partial charge in [0.1, 0.15) is 0 Å². The first kappa shape index (κ1) is 29.6. The van der Waals surface area contributed by atoms with E-state index in [-0.39, 0.29) is 6.42 Å². The van der Waals surface area contributed by atoms with Gasteiger partial charge in [-0.05, 0) is 12.8 Å². The van der Waals surface area contributed by atoms with E-state index in [1.807, 2.05) is 0 Å². The van der Waals surface area contributed by atoms with Crippen molar-refractivity contribution in [2.24, 2.45) is 0 Å². The van der Waals surface area contributed by atoms with E-state index in [4.69, 9.17) is 5.11 Å². The molecule has 0 rings (SSSR count). The monoisotopic (exact) mass is 488 g/mol. The molecule has 0 aliphatic carbocycles. The lowest BCUT2D eigenvalue weighted by Crippen LogP contribution is -2.11. The van der Waals surface area contributed by atoms with Crippen LogP contribution in [0.2, 0.25) is 0 Å². The summed E-state index contributed by atoms with van der Waals surface area (Å²) in [6.07, 6.45) is 29.5. The van der Waals surface area contributed by atoms with Crippen molar-refractivity contribution in [3.05, 3.63) is 0 Å². The van der Waals surface area contributed by atoms with Crippen LogP contribution in [0, 0.1) is 0 Å². The van der Waals surface area contributed by atoms with Gasteiger partial charge in [0.15, 0.2) is 0 Å². The molecule has 0 aliphatic rings. The summed E-state index contributed by atoms with van der Waals surface area (Å²) in [6.45, 7) is 0. The van der Waals surface area contributed by atoms with Gasteiger partial charge in [0, 0.05) is 11.8 Å². The minimum atomic E-state index is -1.28. The van der Waals surface area contributed by atoms with E-state index in [0.29, 0.717) is 0 Å². The normalized spacial score (nSPS) is 11.1. The van der Waals surface area contributed by atoms with Gasteiger partial charge in [0.05, 0.1) is 0 Å². The molecule has 0 aromatic heterocycles. The Morgan fingerprint density at radius 2 is 0.667 bits per heavy atom. The van der Waals surface area contributed by atoms with E-state index in [2.05, 4.69) is 15.9 Å². The van der Waals surface area contributed by atoms with E-state index < -0.39 is 11.8 Å². The fourth-order valence-corrected chi connectivity index (χ4v) is 4.42. The number of hydrogen-bond acceptors (Lipinski definition) is 2. The largest absolute Gasteiger partial charge is 0.476 e. The number of alkyl halides is 1. The van der Waals surface area contributed by atoms with E-state index in [1.165, 1.54) is 127 Å². The topological polar surface area (TPSA) is 54.4 Å². The van der Waals surface area contributed by atoms with Crippen LogP contribution in [0.3, 0.4) is 0 Å². The van der Waals surface area contributed by atoms with E-state index >= 15 is 0 Å². The summed E-state index contributed by atoms with van der Waals surface area (Å²) in [7, 11) is 0. The number of unbranched alkanes of at least 4 members (excludes halogenated alkanes) is 21. The predicted molar refractivity (Wildman–Crippen MR) is 133 cm³/mol. The second-order valence-corrected chi connectivity index (χ2v) is 9.74. The zero-order valence-corrected chi connectivity index (χ0v) is 21.2. The molecular formula is C26H49BrO3. The number of hydrogen-bond donors (Lipinski definition) is 1. The summed E-state index contributed by atoms with van der Waals surface area (Å²) >= 11 is 3.49. The highest BCUT2D eigenvalue weighted by atomic mass is 79.9. The van der Waals surface area contributed by atoms with E-state index in [0.717, 1.165) is 19.3 Å². The summed E-state index contributed by atoms with van der Waals surface area (Å²) in [5.41, 5.74) is 0. The van der Waals surface area contributed by atoms with Gasteiger partial charge in [0.25, 0.3) is 0 Å². The Bertz CT molecular complexity index is 384. The van der Waals surface area contributed by atoms with E-state index in [1.54, 1.807) is 0 Å². The molecule has 0 bridgehead atoms. The third kappa shape index (κ3) is 23.9. The molecule has 0 heterocycles. The molecule has 0 fully saturated rings. The molecule has 0 saturated carbocycles. The summed E-state index contributed by atoms with van der Waals surface area (Å²) in [5, 5.41) is 9.67. The second kappa shape index (κ2) is 24.9. The summed E-state index contributed by atoms with van der Waals surface area (Å²) in [5.74, 6) is -1.93. The Balaban J connectivity index is 3.05. The van der Waals surface area contributed by atoms with Crippen LogP contribution in [-0.2, 0) is 9.59 Å². The number of carbonyl (C=O) groups is 2. The Kier molecular flexibility index (Phi) is 24.6. The zero-order chi connectivity index (χ0) is 22.1. The first-order valence-corrected chi connectivity index (χ1v) is 14.1. The highest BCUT2D eigenvalue weighted by Crippen LogP contribution is 2.15. The second-order valence-electron chi connectivity index (χ2n) is 8.95. The number of carboxylic acid groups (broad SMARTS) is 1. The average Bonchev–Trinajstić information content (AvgIpc) is 2.74.